The summed E-state index contributed by atoms with van der Waals surface area (Å²) >= 11 is 0. The fourth-order valence-electron chi connectivity index (χ4n) is 3.59. The first-order valence-corrected chi connectivity index (χ1v) is 9.17. The minimum absolute atomic E-state index is 0. The topological polar surface area (TPSA) is 0 Å². The SMILES string of the molecule is CC[Si](C1=CC=CC1)(C1=CC=CC1)C1=CC=CC1.[NaH]. The van der Waals surface area contributed by atoms with Crippen LogP contribution >= 0.6 is 0 Å². The van der Waals surface area contributed by atoms with Crippen LogP contribution in [0.4, 0.5) is 0 Å². The van der Waals surface area contributed by atoms with Crippen LogP contribution in [0, 0.1) is 0 Å². The number of hydrogen-bond acceptors (Lipinski definition) is 0. The van der Waals surface area contributed by atoms with E-state index in [2.05, 4.69) is 61.6 Å². The summed E-state index contributed by atoms with van der Waals surface area (Å²) in [5, 5.41) is 5.15. The summed E-state index contributed by atoms with van der Waals surface area (Å²) in [5.74, 6) is 0. The molecule has 0 heterocycles. The zero-order chi connectivity index (χ0) is 12.4. The van der Waals surface area contributed by atoms with Gasteiger partial charge in [-0.05, 0) is 25.3 Å². The van der Waals surface area contributed by atoms with Crippen molar-refractivity contribution >= 4 is 37.6 Å². The van der Waals surface area contributed by atoms with E-state index in [4.69, 9.17) is 0 Å². The first kappa shape index (κ1) is 15.1. The van der Waals surface area contributed by atoms with Gasteiger partial charge in [-0.3, -0.25) is 0 Å². The van der Waals surface area contributed by atoms with Gasteiger partial charge in [-0.25, -0.2) is 0 Å². The van der Waals surface area contributed by atoms with E-state index in [-0.39, 0.29) is 29.6 Å². The predicted octanol–water partition coefficient (Wildman–Crippen LogP) is 4.08. The van der Waals surface area contributed by atoms with Crippen LogP contribution in [-0.4, -0.2) is 37.6 Å². The molecule has 0 aromatic heterocycles. The van der Waals surface area contributed by atoms with Crippen molar-refractivity contribution in [3.63, 3.8) is 0 Å². The summed E-state index contributed by atoms with van der Waals surface area (Å²) < 4.78 is 0. The third-order valence-electron chi connectivity index (χ3n) is 4.49. The summed E-state index contributed by atoms with van der Waals surface area (Å²) in [6.45, 7) is 2.39. The summed E-state index contributed by atoms with van der Waals surface area (Å²) in [6.07, 6.45) is 24.4. The van der Waals surface area contributed by atoms with Gasteiger partial charge in [0.1, 0.15) is 8.07 Å². The molecule has 0 aromatic carbocycles. The summed E-state index contributed by atoms with van der Waals surface area (Å²) in [5.41, 5.74) is 0. The van der Waals surface area contributed by atoms with Crippen LogP contribution in [0.1, 0.15) is 26.2 Å². The molecule has 0 amide bonds. The molecule has 3 aliphatic carbocycles. The van der Waals surface area contributed by atoms with E-state index in [1.54, 1.807) is 15.6 Å². The van der Waals surface area contributed by atoms with E-state index < -0.39 is 8.07 Å². The zero-order valence-corrected chi connectivity index (χ0v) is 12.0. The van der Waals surface area contributed by atoms with Crippen molar-refractivity contribution < 1.29 is 0 Å². The first-order chi connectivity index (χ1) is 8.88. The zero-order valence-electron chi connectivity index (χ0n) is 11.0. The molecule has 0 fully saturated rings. The second-order valence-electron chi connectivity index (χ2n) is 5.23. The Morgan fingerprint density at radius 2 is 1.16 bits per heavy atom. The molecule has 0 N–H and O–H groups in total. The Morgan fingerprint density at radius 3 is 1.37 bits per heavy atom. The van der Waals surface area contributed by atoms with Crippen LogP contribution < -0.4 is 0 Å². The second-order valence-corrected chi connectivity index (χ2v) is 9.68. The average Bonchev–Trinajstić information content (AvgIpc) is 3.16. The fourth-order valence-corrected chi connectivity index (χ4v) is 8.73. The van der Waals surface area contributed by atoms with Crippen molar-refractivity contribution in [2.24, 2.45) is 0 Å². The van der Waals surface area contributed by atoms with E-state index >= 15 is 0 Å². The van der Waals surface area contributed by atoms with Gasteiger partial charge in [0, 0.05) is 0 Å². The van der Waals surface area contributed by atoms with Gasteiger partial charge < -0.3 is 0 Å². The molecule has 0 spiro atoms. The van der Waals surface area contributed by atoms with Crippen LogP contribution in [0.3, 0.4) is 0 Å². The Labute approximate surface area is 139 Å². The van der Waals surface area contributed by atoms with Gasteiger partial charge in [-0.1, -0.05) is 77.2 Å². The number of allylic oxidation sites excluding steroid dienone is 12. The monoisotopic (exact) mass is 276 g/mol. The number of hydrogen-bond donors (Lipinski definition) is 0. The Bertz CT molecular complexity index is 455. The fraction of sp³-hybridized carbons (Fsp3) is 0.294. The van der Waals surface area contributed by atoms with Crippen molar-refractivity contribution in [3.8, 4) is 0 Å². The van der Waals surface area contributed by atoms with E-state index in [0.717, 1.165) is 0 Å². The predicted molar refractivity (Wildman–Crippen MR) is 88.9 cm³/mol. The molecule has 0 nitrogen and oxygen atoms in total. The van der Waals surface area contributed by atoms with E-state index in [9.17, 15) is 0 Å². The van der Waals surface area contributed by atoms with Crippen LogP contribution in [-0.2, 0) is 0 Å². The van der Waals surface area contributed by atoms with E-state index in [1.165, 1.54) is 25.3 Å². The maximum absolute atomic E-state index is 2.40. The standard InChI is InChI=1S/C17H20Si.Na.H/c1-2-18(15-9-3-4-10-15,16-11-5-6-12-16)17-13-7-8-14-17;;/h3-9,11,13H,2,10,12,14H2,1H3;;. The van der Waals surface area contributed by atoms with Gasteiger partial charge in [-0.15, -0.1) is 0 Å². The molecule has 0 bridgehead atoms. The molecule has 0 unspecified atom stereocenters. The molecular weight excluding hydrogens is 255 g/mol. The van der Waals surface area contributed by atoms with Crippen molar-refractivity contribution in [1.29, 1.82) is 0 Å². The van der Waals surface area contributed by atoms with Gasteiger partial charge in [0.2, 0.25) is 0 Å². The molecule has 0 atom stereocenters. The van der Waals surface area contributed by atoms with Crippen LogP contribution in [0.15, 0.2) is 70.3 Å². The molecular formula is C17H21NaSi. The van der Waals surface area contributed by atoms with Crippen LogP contribution in [0.25, 0.3) is 0 Å². The van der Waals surface area contributed by atoms with E-state index in [0.29, 0.717) is 0 Å². The van der Waals surface area contributed by atoms with Crippen LogP contribution in [0.2, 0.25) is 6.04 Å². The van der Waals surface area contributed by atoms with Gasteiger partial charge in [0.05, 0.1) is 0 Å². The summed E-state index contributed by atoms with van der Waals surface area (Å²) in [4.78, 5) is 0. The molecule has 0 saturated heterocycles. The Morgan fingerprint density at radius 1 is 0.789 bits per heavy atom. The van der Waals surface area contributed by atoms with Gasteiger partial charge in [0.25, 0.3) is 0 Å². The van der Waals surface area contributed by atoms with Crippen molar-refractivity contribution in [3.05, 3.63) is 70.3 Å². The van der Waals surface area contributed by atoms with Crippen LogP contribution in [0.5, 0.6) is 0 Å². The molecule has 0 aliphatic heterocycles. The van der Waals surface area contributed by atoms with Gasteiger partial charge in [0.15, 0.2) is 0 Å². The molecule has 0 saturated carbocycles. The number of rotatable bonds is 4. The van der Waals surface area contributed by atoms with Gasteiger partial charge >= 0.3 is 29.6 Å². The molecule has 0 radical (unpaired) electrons. The van der Waals surface area contributed by atoms with Gasteiger partial charge in [-0.2, -0.15) is 0 Å². The maximum atomic E-state index is 2.40. The molecule has 3 aliphatic rings. The minimum atomic E-state index is -1.57. The van der Waals surface area contributed by atoms with Crippen molar-refractivity contribution in [1.82, 2.24) is 0 Å². The molecule has 0 aromatic rings. The quantitative estimate of drug-likeness (QED) is 0.679. The third kappa shape index (κ3) is 2.49. The Kier molecular flexibility index (Phi) is 5.07. The van der Waals surface area contributed by atoms with Crippen molar-refractivity contribution in [2.45, 2.75) is 32.2 Å². The Hall–Kier alpha value is -0.343. The summed E-state index contributed by atoms with van der Waals surface area (Å²) in [6, 6.07) is 1.31. The molecule has 19 heavy (non-hydrogen) atoms. The molecule has 3 rings (SSSR count). The normalized spacial score (nSPS) is 20.4. The second kappa shape index (κ2) is 6.40. The average molecular weight is 276 g/mol. The third-order valence-corrected chi connectivity index (χ3v) is 9.95. The van der Waals surface area contributed by atoms with Crippen molar-refractivity contribution in [2.75, 3.05) is 0 Å². The molecule has 94 valence electrons. The molecule has 2 heteroatoms. The first-order valence-electron chi connectivity index (χ1n) is 6.96. The Balaban J connectivity index is 0.00000133. The summed E-state index contributed by atoms with van der Waals surface area (Å²) in [7, 11) is -1.57. The van der Waals surface area contributed by atoms with E-state index in [1.807, 2.05) is 0 Å².